The molecule has 1 saturated heterocycles. The Bertz CT molecular complexity index is 468. The van der Waals surface area contributed by atoms with Crippen LogP contribution in [0.4, 0.5) is 0 Å². The highest BCUT2D eigenvalue weighted by atomic mass is 16.4. The number of hydrogen-bond donors (Lipinski definition) is 2. The first kappa shape index (κ1) is 13.1. The van der Waals surface area contributed by atoms with E-state index in [1.165, 1.54) is 22.3 Å². The predicted molar refractivity (Wildman–Crippen MR) is 71.8 cm³/mol. The van der Waals surface area contributed by atoms with Gasteiger partial charge in [-0.2, -0.15) is 0 Å². The molecule has 3 heteroatoms. The lowest BCUT2D eigenvalue weighted by molar-refractivity contribution is -0.141. The van der Waals surface area contributed by atoms with Crippen molar-refractivity contribution in [2.45, 2.75) is 39.7 Å². The van der Waals surface area contributed by atoms with Gasteiger partial charge in [0.1, 0.15) is 0 Å². The molecule has 2 N–H and O–H groups in total. The third-order valence-corrected chi connectivity index (χ3v) is 4.03. The SMILES string of the molecule is CCc1cc(C)c(C)c(C2CC(C(=O)O)CN2)c1. The van der Waals surface area contributed by atoms with E-state index >= 15 is 0 Å². The van der Waals surface area contributed by atoms with E-state index in [0.29, 0.717) is 13.0 Å². The van der Waals surface area contributed by atoms with Crippen LogP contribution in [0.15, 0.2) is 12.1 Å². The summed E-state index contributed by atoms with van der Waals surface area (Å²) in [6.07, 6.45) is 1.71. The van der Waals surface area contributed by atoms with Gasteiger partial charge in [0.25, 0.3) is 0 Å². The Balaban J connectivity index is 2.29. The van der Waals surface area contributed by atoms with Gasteiger partial charge in [0.05, 0.1) is 5.92 Å². The van der Waals surface area contributed by atoms with E-state index in [1.54, 1.807) is 0 Å². The van der Waals surface area contributed by atoms with Crippen LogP contribution in [-0.4, -0.2) is 17.6 Å². The van der Waals surface area contributed by atoms with Crippen molar-refractivity contribution in [3.63, 3.8) is 0 Å². The van der Waals surface area contributed by atoms with E-state index in [9.17, 15) is 4.79 Å². The maximum absolute atomic E-state index is 11.0. The summed E-state index contributed by atoms with van der Waals surface area (Å²) in [5.41, 5.74) is 5.19. The molecule has 0 aliphatic carbocycles. The first-order valence-corrected chi connectivity index (χ1v) is 6.59. The Morgan fingerprint density at radius 1 is 1.44 bits per heavy atom. The second-order valence-corrected chi connectivity index (χ2v) is 5.21. The molecule has 0 radical (unpaired) electrons. The number of carboxylic acids is 1. The van der Waals surface area contributed by atoms with E-state index in [-0.39, 0.29) is 12.0 Å². The highest BCUT2D eigenvalue weighted by Crippen LogP contribution is 2.31. The average molecular weight is 247 g/mol. The van der Waals surface area contributed by atoms with E-state index in [1.807, 2.05) is 0 Å². The summed E-state index contributed by atoms with van der Waals surface area (Å²) in [5.74, 6) is -0.939. The van der Waals surface area contributed by atoms with Crippen molar-refractivity contribution in [2.75, 3.05) is 6.54 Å². The van der Waals surface area contributed by atoms with Crippen molar-refractivity contribution >= 4 is 5.97 Å². The molecule has 0 saturated carbocycles. The normalized spacial score (nSPS) is 23.3. The van der Waals surface area contributed by atoms with E-state index in [4.69, 9.17) is 5.11 Å². The van der Waals surface area contributed by atoms with Gasteiger partial charge in [-0.25, -0.2) is 0 Å². The molecular formula is C15H21NO2. The lowest BCUT2D eigenvalue weighted by atomic mass is 9.91. The van der Waals surface area contributed by atoms with Gasteiger partial charge < -0.3 is 10.4 Å². The number of nitrogens with one attached hydrogen (secondary N) is 1. The summed E-state index contributed by atoms with van der Waals surface area (Å²) in [5, 5.41) is 12.4. The van der Waals surface area contributed by atoms with Gasteiger partial charge in [0.2, 0.25) is 0 Å². The Morgan fingerprint density at radius 3 is 2.72 bits per heavy atom. The molecule has 3 nitrogen and oxygen atoms in total. The molecule has 2 unspecified atom stereocenters. The second-order valence-electron chi connectivity index (χ2n) is 5.21. The zero-order chi connectivity index (χ0) is 13.3. The number of carbonyl (C=O) groups is 1. The maximum Gasteiger partial charge on any atom is 0.307 e. The fourth-order valence-electron chi connectivity index (χ4n) is 2.69. The lowest BCUT2D eigenvalue weighted by Crippen LogP contribution is -2.17. The average Bonchev–Trinajstić information content (AvgIpc) is 2.82. The molecular weight excluding hydrogens is 226 g/mol. The highest BCUT2D eigenvalue weighted by molar-refractivity contribution is 5.70. The van der Waals surface area contributed by atoms with Crippen LogP contribution in [0.2, 0.25) is 0 Å². The lowest BCUT2D eigenvalue weighted by Gasteiger charge is -2.17. The van der Waals surface area contributed by atoms with Crippen LogP contribution in [0.5, 0.6) is 0 Å². The smallest absolute Gasteiger partial charge is 0.307 e. The highest BCUT2D eigenvalue weighted by Gasteiger charge is 2.31. The Hall–Kier alpha value is -1.35. The molecule has 98 valence electrons. The molecule has 18 heavy (non-hydrogen) atoms. The summed E-state index contributed by atoms with van der Waals surface area (Å²) in [6.45, 7) is 6.98. The molecule has 1 aliphatic heterocycles. The third-order valence-electron chi connectivity index (χ3n) is 4.03. The number of benzene rings is 1. The van der Waals surface area contributed by atoms with Gasteiger partial charge in [-0.15, -0.1) is 0 Å². The zero-order valence-electron chi connectivity index (χ0n) is 11.3. The monoisotopic (exact) mass is 247 g/mol. The molecule has 0 aromatic heterocycles. The van der Waals surface area contributed by atoms with Crippen LogP contribution in [0.3, 0.4) is 0 Å². The predicted octanol–water partition coefficient (Wildman–Crippen LogP) is 2.60. The summed E-state index contributed by atoms with van der Waals surface area (Å²) >= 11 is 0. The van der Waals surface area contributed by atoms with Gasteiger partial charge in [0, 0.05) is 12.6 Å². The maximum atomic E-state index is 11.0. The number of rotatable bonds is 3. The third kappa shape index (κ3) is 2.41. The fourth-order valence-corrected chi connectivity index (χ4v) is 2.69. The quantitative estimate of drug-likeness (QED) is 0.863. The Morgan fingerprint density at radius 2 is 2.17 bits per heavy atom. The number of hydrogen-bond acceptors (Lipinski definition) is 2. The van der Waals surface area contributed by atoms with E-state index in [2.05, 4.69) is 38.2 Å². The first-order chi connectivity index (χ1) is 8.52. The molecule has 0 spiro atoms. The minimum absolute atomic E-state index is 0.191. The topological polar surface area (TPSA) is 49.3 Å². The molecule has 0 bridgehead atoms. The van der Waals surface area contributed by atoms with Crippen molar-refractivity contribution < 1.29 is 9.90 Å². The van der Waals surface area contributed by atoms with Crippen molar-refractivity contribution in [3.8, 4) is 0 Å². The van der Waals surface area contributed by atoms with Crippen LogP contribution < -0.4 is 5.32 Å². The van der Waals surface area contributed by atoms with Crippen LogP contribution in [0, 0.1) is 19.8 Å². The molecule has 2 rings (SSSR count). The largest absolute Gasteiger partial charge is 0.481 e. The summed E-state index contributed by atoms with van der Waals surface area (Å²) in [4.78, 5) is 11.0. The van der Waals surface area contributed by atoms with Crippen molar-refractivity contribution in [1.82, 2.24) is 5.32 Å². The van der Waals surface area contributed by atoms with E-state index < -0.39 is 5.97 Å². The summed E-state index contributed by atoms with van der Waals surface area (Å²) in [7, 11) is 0. The van der Waals surface area contributed by atoms with Crippen molar-refractivity contribution in [2.24, 2.45) is 5.92 Å². The first-order valence-electron chi connectivity index (χ1n) is 6.59. The van der Waals surface area contributed by atoms with Crippen molar-refractivity contribution in [1.29, 1.82) is 0 Å². The zero-order valence-corrected chi connectivity index (χ0v) is 11.3. The molecule has 1 aromatic carbocycles. The van der Waals surface area contributed by atoms with Crippen LogP contribution in [0.25, 0.3) is 0 Å². The number of aryl methyl sites for hydroxylation is 2. The minimum Gasteiger partial charge on any atom is -0.481 e. The van der Waals surface area contributed by atoms with Crippen molar-refractivity contribution in [3.05, 3.63) is 34.4 Å². The fraction of sp³-hybridized carbons (Fsp3) is 0.533. The van der Waals surface area contributed by atoms with E-state index in [0.717, 1.165) is 6.42 Å². The molecule has 0 amide bonds. The standard InChI is InChI=1S/C15H21NO2/c1-4-11-5-9(2)10(3)13(6-11)14-7-12(8-16-14)15(17)18/h5-6,12,14,16H,4,7-8H2,1-3H3,(H,17,18). The Labute approximate surface area is 108 Å². The molecule has 2 atom stereocenters. The number of carboxylic acid groups (broad SMARTS) is 1. The van der Waals surface area contributed by atoms with Crippen LogP contribution in [0.1, 0.15) is 41.6 Å². The molecule has 1 heterocycles. The van der Waals surface area contributed by atoms with Gasteiger partial charge >= 0.3 is 5.97 Å². The van der Waals surface area contributed by atoms with Gasteiger partial charge in [-0.1, -0.05) is 19.1 Å². The summed E-state index contributed by atoms with van der Waals surface area (Å²) in [6, 6.07) is 4.64. The molecule has 1 fully saturated rings. The van der Waals surface area contributed by atoms with Crippen LogP contribution >= 0.6 is 0 Å². The van der Waals surface area contributed by atoms with Crippen LogP contribution in [-0.2, 0) is 11.2 Å². The number of aliphatic carboxylic acids is 1. The van der Waals surface area contributed by atoms with Gasteiger partial charge in [-0.05, 0) is 48.9 Å². The minimum atomic E-state index is -0.689. The van der Waals surface area contributed by atoms with Gasteiger partial charge in [-0.3, -0.25) is 4.79 Å². The molecule has 1 aliphatic rings. The second kappa shape index (κ2) is 5.11. The Kier molecular flexibility index (Phi) is 3.71. The molecule has 1 aromatic rings. The summed E-state index contributed by atoms with van der Waals surface area (Å²) < 4.78 is 0. The van der Waals surface area contributed by atoms with Gasteiger partial charge in [0.15, 0.2) is 0 Å².